The molecular weight excluding hydrogens is 310 g/mol. The number of nitrogens with zero attached hydrogens (tertiary/aromatic N) is 3. The minimum absolute atomic E-state index is 0.00140. The molecule has 0 aromatic carbocycles. The van der Waals surface area contributed by atoms with E-state index in [0.717, 1.165) is 5.01 Å². The number of carboxylic acids is 1. The first-order valence-electron chi connectivity index (χ1n) is 7.26. The lowest BCUT2D eigenvalue weighted by Crippen LogP contribution is -2.46. The molecule has 0 heterocycles. The molecule has 0 spiro atoms. The van der Waals surface area contributed by atoms with E-state index in [2.05, 4.69) is 5.28 Å². The Balaban J connectivity index is 4.68. The fourth-order valence-electron chi connectivity index (χ4n) is 1.64. The number of likely N-dealkylation sites (N-methyl/N-ethyl adjacent to an activating group) is 1. The van der Waals surface area contributed by atoms with Gasteiger partial charge in [-0.2, -0.15) is 0 Å². The molecule has 1 unspecified atom stereocenters. The Kier molecular flexibility index (Phi) is 8.74. The van der Waals surface area contributed by atoms with Crippen LogP contribution in [0.15, 0.2) is 5.28 Å². The van der Waals surface area contributed by atoms with E-state index in [-0.39, 0.29) is 17.0 Å². The molecule has 0 bridgehead atoms. The van der Waals surface area contributed by atoms with E-state index in [9.17, 15) is 19.9 Å². The first-order chi connectivity index (χ1) is 10.6. The zero-order valence-electron chi connectivity index (χ0n) is 14.3. The Morgan fingerprint density at radius 2 is 1.83 bits per heavy atom. The summed E-state index contributed by atoms with van der Waals surface area (Å²) in [7, 11) is 1.28. The molecule has 0 saturated heterocycles. The Morgan fingerprint density at radius 1 is 1.26 bits per heavy atom. The van der Waals surface area contributed by atoms with Crippen LogP contribution in [-0.4, -0.2) is 52.7 Å². The molecule has 10 nitrogen and oxygen atoms in total. The predicted octanol–water partition coefficient (Wildman–Crippen LogP) is 2.13. The van der Waals surface area contributed by atoms with E-state index in [0.29, 0.717) is 6.42 Å². The van der Waals surface area contributed by atoms with Crippen LogP contribution in [0.4, 0.5) is 4.79 Å². The SMILES string of the molecule is CC[C@@H](C)[C@@H](C(=O)O)N(C)/[N+]([O-])=N/OC(C)OC(=O)OC(C)C. The summed E-state index contributed by atoms with van der Waals surface area (Å²) in [4.78, 5) is 27.2. The van der Waals surface area contributed by atoms with E-state index < -0.39 is 24.5 Å². The van der Waals surface area contributed by atoms with Gasteiger partial charge in [0.15, 0.2) is 6.04 Å². The molecule has 0 radical (unpaired) electrons. The van der Waals surface area contributed by atoms with Crippen molar-refractivity contribution in [3.8, 4) is 0 Å². The molecule has 23 heavy (non-hydrogen) atoms. The fraction of sp³-hybridized carbons (Fsp3) is 0.846. The van der Waals surface area contributed by atoms with Gasteiger partial charge in [-0.3, -0.25) is 4.84 Å². The van der Waals surface area contributed by atoms with Crippen molar-refractivity contribution in [3.05, 3.63) is 5.21 Å². The Bertz CT molecular complexity index is 428. The molecular formula is C13H25N3O7. The van der Waals surface area contributed by atoms with Crippen LogP contribution in [0.2, 0.25) is 0 Å². The zero-order valence-corrected chi connectivity index (χ0v) is 14.3. The van der Waals surface area contributed by atoms with E-state index in [1.807, 2.05) is 6.92 Å². The summed E-state index contributed by atoms with van der Waals surface area (Å²) in [5.41, 5.74) is 0. The first-order valence-corrected chi connectivity index (χ1v) is 7.26. The van der Waals surface area contributed by atoms with Crippen molar-refractivity contribution in [2.45, 2.75) is 59.5 Å². The van der Waals surface area contributed by atoms with Crippen LogP contribution in [0.1, 0.15) is 41.0 Å². The van der Waals surface area contributed by atoms with Crippen LogP contribution in [0.5, 0.6) is 0 Å². The van der Waals surface area contributed by atoms with Crippen LogP contribution >= 0.6 is 0 Å². The maximum atomic E-state index is 11.8. The topological polar surface area (TPSA) is 124 Å². The van der Waals surface area contributed by atoms with E-state index in [1.165, 1.54) is 14.0 Å². The summed E-state index contributed by atoms with van der Waals surface area (Å²) in [5.74, 6) is -1.43. The van der Waals surface area contributed by atoms with Gasteiger partial charge in [0, 0.05) is 6.92 Å². The Morgan fingerprint density at radius 3 is 2.26 bits per heavy atom. The van der Waals surface area contributed by atoms with Crippen molar-refractivity contribution in [1.29, 1.82) is 0 Å². The molecule has 10 heteroatoms. The third-order valence-electron chi connectivity index (χ3n) is 2.97. The number of carboxylic acid groups (broad SMARTS) is 1. The summed E-state index contributed by atoms with van der Waals surface area (Å²) in [6.07, 6.45) is -1.92. The minimum Gasteiger partial charge on any atom is -0.569 e. The second-order valence-electron chi connectivity index (χ2n) is 5.28. The van der Waals surface area contributed by atoms with E-state index >= 15 is 0 Å². The molecule has 0 fully saturated rings. The van der Waals surface area contributed by atoms with Crippen molar-refractivity contribution in [3.63, 3.8) is 0 Å². The van der Waals surface area contributed by atoms with Crippen LogP contribution in [0.25, 0.3) is 0 Å². The highest BCUT2D eigenvalue weighted by molar-refractivity contribution is 5.73. The Hall–Kier alpha value is -2.26. The highest BCUT2D eigenvalue weighted by Crippen LogP contribution is 2.14. The van der Waals surface area contributed by atoms with Crippen LogP contribution in [-0.2, 0) is 19.1 Å². The van der Waals surface area contributed by atoms with Gasteiger partial charge < -0.3 is 19.8 Å². The normalized spacial score (nSPS) is 15.5. The lowest BCUT2D eigenvalue weighted by Gasteiger charge is -2.24. The van der Waals surface area contributed by atoms with Gasteiger partial charge in [-0.1, -0.05) is 20.3 Å². The maximum Gasteiger partial charge on any atom is 0.511 e. The van der Waals surface area contributed by atoms with E-state index in [1.54, 1.807) is 20.8 Å². The second-order valence-corrected chi connectivity index (χ2v) is 5.28. The molecule has 0 aliphatic carbocycles. The summed E-state index contributed by atoms with van der Waals surface area (Å²) in [6, 6.07) is -1.06. The van der Waals surface area contributed by atoms with Crippen LogP contribution in [0, 0.1) is 11.1 Å². The van der Waals surface area contributed by atoms with Gasteiger partial charge in [-0.05, 0) is 19.8 Å². The average molecular weight is 335 g/mol. The summed E-state index contributed by atoms with van der Waals surface area (Å²) < 4.78 is 9.42. The smallest absolute Gasteiger partial charge is 0.511 e. The average Bonchev–Trinajstić information content (AvgIpc) is 2.42. The summed E-state index contributed by atoms with van der Waals surface area (Å²) >= 11 is 0. The number of ether oxygens (including phenoxy) is 2. The van der Waals surface area contributed by atoms with Crippen LogP contribution < -0.4 is 0 Å². The molecule has 0 aliphatic rings. The van der Waals surface area contributed by atoms with Crippen LogP contribution in [0.3, 0.4) is 0 Å². The van der Waals surface area contributed by atoms with Gasteiger partial charge >= 0.3 is 12.1 Å². The van der Waals surface area contributed by atoms with Gasteiger partial charge in [0.1, 0.15) is 0 Å². The number of aliphatic carboxylic acids is 1. The predicted molar refractivity (Wildman–Crippen MR) is 77.9 cm³/mol. The highest BCUT2D eigenvalue weighted by Gasteiger charge is 2.33. The Labute approximate surface area is 135 Å². The summed E-state index contributed by atoms with van der Waals surface area (Å²) in [5, 5.41) is 25.1. The largest absolute Gasteiger partial charge is 0.569 e. The third kappa shape index (κ3) is 7.52. The molecule has 3 atom stereocenters. The molecule has 0 aliphatic heterocycles. The highest BCUT2D eigenvalue weighted by atomic mass is 16.8. The number of hydrogen-bond donors (Lipinski definition) is 1. The van der Waals surface area contributed by atoms with Gasteiger partial charge in [-0.25, -0.2) is 9.59 Å². The first kappa shape index (κ1) is 20.7. The van der Waals surface area contributed by atoms with Gasteiger partial charge in [0.05, 0.1) is 18.1 Å². The standard InChI is InChI=1S/C13H25N3O7/c1-7-9(4)11(12(17)18)15(6)16(20)14-23-10(5)22-13(19)21-8(2)3/h8-11H,7H2,1-6H3,(H,17,18)/b16-14-/t9-,10?,11+/m1/s1. The molecule has 0 amide bonds. The summed E-state index contributed by atoms with van der Waals surface area (Å²) in [6.45, 7) is 8.15. The fourth-order valence-corrected chi connectivity index (χ4v) is 1.64. The zero-order chi connectivity index (χ0) is 18.2. The molecule has 0 aromatic rings. The molecule has 0 rings (SSSR count). The second kappa shape index (κ2) is 9.70. The minimum atomic E-state index is -1.17. The molecule has 1 N–H and O–H groups in total. The lowest BCUT2D eigenvalue weighted by atomic mass is 9.99. The molecule has 0 saturated carbocycles. The van der Waals surface area contributed by atoms with Gasteiger partial charge in [0.25, 0.3) is 6.29 Å². The number of hydrogen-bond acceptors (Lipinski definition) is 7. The van der Waals surface area contributed by atoms with Crippen molar-refractivity contribution < 1.29 is 34.0 Å². The van der Waals surface area contributed by atoms with Gasteiger partial charge in [-0.15, -0.1) is 5.01 Å². The van der Waals surface area contributed by atoms with Crippen molar-refractivity contribution in [2.75, 3.05) is 7.05 Å². The quantitative estimate of drug-likeness (QED) is 0.223. The van der Waals surface area contributed by atoms with Crippen molar-refractivity contribution in [1.82, 2.24) is 5.01 Å². The third-order valence-corrected chi connectivity index (χ3v) is 2.97. The van der Waals surface area contributed by atoms with Gasteiger partial charge in [0.2, 0.25) is 5.28 Å². The van der Waals surface area contributed by atoms with E-state index in [4.69, 9.17) is 14.3 Å². The number of carbonyl (C=O) groups is 2. The molecule has 134 valence electrons. The van der Waals surface area contributed by atoms with Crippen molar-refractivity contribution in [2.24, 2.45) is 11.2 Å². The maximum absolute atomic E-state index is 11.8. The molecule has 0 aromatic heterocycles. The number of hydrazine groups is 1. The number of carbonyl (C=O) groups excluding carboxylic acids is 1. The lowest BCUT2D eigenvalue weighted by molar-refractivity contribution is -0.713. The number of rotatable bonds is 9. The monoisotopic (exact) mass is 335 g/mol. The van der Waals surface area contributed by atoms with Crippen molar-refractivity contribution >= 4 is 12.1 Å².